The molecule has 0 saturated heterocycles. The van der Waals surface area contributed by atoms with Crippen molar-refractivity contribution in [3.63, 3.8) is 0 Å². The Morgan fingerprint density at radius 1 is 1.10 bits per heavy atom. The number of nitrogens with one attached hydrogen (secondary N) is 1. The lowest BCUT2D eigenvalue weighted by Gasteiger charge is -2.39. The van der Waals surface area contributed by atoms with E-state index in [2.05, 4.69) is 22.4 Å². The van der Waals surface area contributed by atoms with E-state index >= 15 is 0 Å². The van der Waals surface area contributed by atoms with Crippen LogP contribution in [0.1, 0.15) is 50.8 Å². The van der Waals surface area contributed by atoms with Crippen LogP contribution in [0.5, 0.6) is 0 Å². The van der Waals surface area contributed by atoms with Crippen LogP contribution in [0.25, 0.3) is 11.1 Å². The van der Waals surface area contributed by atoms with Gasteiger partial charge in [-0.25, -0.2) is 4.98 Å². The highest BCUT2D eigenvalue weighted by Crippen LogP contribution is 2.41. The summed E-state index contributed by atoms with van der Waals surface area (Å²) in [6, 6.07) is 6.91. The van der Waals surface area contributed by atoms with E-state index in [1.165, 1.54) is 50.6 Å². The lowest BCUT2D eigenvalue weighted by atomic mass is 9.69. The monoisotopic (exact) mass is 284 g/mol. The highest BCUT2D eigenvalue weighted by atomic mass is 16.3. The van der Waals surface area contributed by atoms with E-state index < -0.39 is 0 Å². The SMILES string of the molecule is Cc1nc2cc(NC3CCC4CCCCC4C3)ccc2o1. The van der Waals surface area contributed by atoms with Crippen LogP contribution in [-0.2, 0) is 0 Å². The number of aryl methyl sites for hydroxylation is 1. The minimum atomic E-state index is 0.634. The predicted molar refractivity (Wildman–Crippen MR) is 85.5 cm³/mol. The van der Waals surface area contributed by atoms with Gasteiger partial charge in [0.25, 0.3) is 0 Å². The summed E-state index contributed by atoms with van der Waals surface area (Å²) >= 11 is 0. The van der Waals surface area contributed by atoms with Crippen LogP contribution in [-0.4, -0.2) is 11.0 Å². The van der Waals surface area contributed by atoms with E-state index in [-0.39, 0.29) is 0 Å². The summed E-state index contributed by atoms with van der Waals surface area (Å²) in [7, 11) is 0. The van der Waals surface area contributed by atoms with Gasteiger partial charge in [-0.3, -0.25) is 0 Å². The molecular formula is C18H24N2O. The maximum atomic E-state index is 5.54. The average molecular weight is 284 g/mol. The summed E-state index contributed by atoms with van der Waals surface area (Å²) in [5.74, 6) is 2.71. The Hall–Kier alpha value is -1.51. The van der Waals surface area contributed by atoms with Crippen molar-refractivity contribution in [2.24, 2.45) is 11.8 Å². The molecule has 3 heteroatoms. The zero-order valence-corrected chi connectivity index (χ0v) is 12.8. The Bertz CT molecular complexity index is 633. The molecule has 0 bridgehead atoms. The molecule has 3 atom stereocenters. The van der Waals surface area contributed by atoms with Crippen molar-refractivity contribution in [1.29, 1.82) is 0 Å². The van der Waals surface area contributed by atoms with Crippen LogP contribution in [0.15, 0.2) is 22.6 Å². The van der Waals surface area contributed by atoms with Gasteiger partial charge in [0.15, 0.2) is 11.5 Å². The number of hydrogen-bond donors (Lipinski definition) is 1. The van der Waals surface area contributed by atoms with E-state index in [0.29, 0.717) is 6.04 Å². The lowest BCUT2D eigenvalue weighted by molar-refractivity contribution is 0.162. The number of nitrogens with zero attached hydrogens (tertiary/aromatic N) is 1. The second-order valence-corrected chi connectivity index (χ2v) is 6.87. The molecule has 4 rings (SSSR count). The van der Waals surface area contributed by atoms with Gasteiger partial charge in [0.1, 0.15) is 5.52 Å². The van der Waals surface area contributed by atoms with Crippen LogP contribution in [0.3, 0.4) is 0 Å². The molecule has 1 aromatic carbocycles. The fraction of sp³-hybridized carbons (Fsp3) is 0.611. The first-order chi connectivity index (χ1) is 10.3. The van der Waals surface area contributed by atoms with E-state index in [4.69, 9.17) is 4.42 Å². The summed E-state index contributed by atoms with van der Waals surface area (Å²) in [5, 5.41) is 3.73. The van der Waals surface area contributed by atoms with Crippen molar-refractivity contribution in [2.45, 2.75) is 57.9 Å². The van der Waals surface area contributed by atoms with Crippen molar-refractivity contribution in [1.82, 2.24) is 4.98 Å². The molecule has 1 N–H and O–H groups in total. The fourth-order valence-corrected chi connectivity index (χ4v) is 4.37. The summed E-state index contributed by atoms with van der Waals surface area (Å²) in [4.78, 5) is 4.43. The van der Waals surface area contributed by atoms with E-state index in [1.54, 1.807) is 0 Å². The van der Waals surface area contributed by atoms with Crippen LogP contribution in [0.2, 0.25) is 0 Å². The second kappa shape index (κ2) is 5.36. The maximum Gasteiger partial charge on any atom is 0.192 e. The van der Waals surface area contributed by atoms with Crippen molar-refractivity contribution < 1.29 is 4.42 Å². The van der Waals surface area contributed by atoms with Gasteiger partial charge in [-0.05, 0) is 49.3 Å². The Balaban J connectivity index is 1.46. The van der Waals surface area contributed by atoms with Crippen LogP contribution >= 0.6 is 0 Å². The number of fused-ring (bicyclic) bond motifs is 2. The van der Waals surface area contributed by atoms with Gasteiger partial charge in [-0.2, -0.15) is 0 Å². The predicted octanol–water partition coefficient (Wildman–Crippen LogP) is 4.91. The Morgan fingerprint density at radius 3 is 2.86 bits per heavy atom. The van der Waals surface area contributed by atoms with Gasteiger partial charge in [0.2, 0.25) is 0 Å². The van der Waals surface area contributed by atoms with Crippen molar-refractivity contribution >= 4 is 16.8 Å². The molecule has 0 aliphatic heterocycles. The van der Waals surface area contributed by atoms with E-state index in [9.17, 15) is 0 Å². The number of rotatable bonds is 2. The number of oxazole rings is 1. The quantitative estimate of drug-likeness (QED) is 0.851. The third-order valence-corrected chi connectivity index (χ3v) is 5.40. The van der Waals surface area contributed by atoms with Crippen LogP contribution in [0, 0.1) is 18.8 Å². The third-order valence-electron chi connectivity index (χ3n) is 5.40. The highest BCUT2D eigenvalue weighted by Gasteiger charge is 2.32. The van der Waals surface area contributed by atoms with Gasteiger partial charge in [-0.15, -0.1) is 0 Å². The molecule has 2 saturated carbocycles. The van der Waals surface area contributed by atoms with Crippen molar-refractivity contribution in [2.75, 3.05) is 5.32 Å². The summed E-state index contributed by atoms with van der Waals surface area (Å²) in [6.45, 7) is 1.90. The van der Waals surface area contributed by atoms with Crippen LogP contribution < -0.4 is 5.32 Å². The average Bonchev–Trinajstić information content (AvgIpc) is 2.86. The molecule has 2 fully saturated rings. The van der Waals surface area contributed by atoms with Crippen LogP contribution in [0.4, 0.5) is 5.69 Å². The van der Waals surface area contributed by atoms with E-state index in [1.807, 2.05) is 13.0 Å². The minimum absolute atomic E-state index is 0.634. The van der Waals surface area contributed by atoms with E-state index in [0.717, 1.165) is 28.8 Å². The van der Waals surface area contributed by atoms with Gasteiger partial charge in [0.05, 0.1) is 0 Å². The third kappa shape index (κ3) is 2.66. The number of anilines is 1. The molecule has 3 nitrogen and oxygen atoms in total. The molecule has 1 heterocycles. The standard InChI is InChI=1S/C18H24N2O/c1-12-19-17-11-16(8-9-18(17)21-12)20-15-7-6-13-4-2-3-5-14(13)10-15/h8-9,11,13-15,20H,2-7,10H2,1H3. The Labute approximate surface area is 126 Å². The summed E-state index contributed by atoms with van der Waals surface area (Å²) in [5.41, 5.74) is 3.04. The first-order valence-electron chi connectivity index (χ1n) is 8.41. The topological polar surface area (TPSA) is 38.1 Å². The Morgan fingerprint density at radius 2 is 1.95 bits per heavy atom. The van der Waals surface area contributed by atoms with Gasteiger partial charge < -0.3 is 9.73 Å². The molecule has 2 aliphatic carbocycles. The van der Waals surface area contributed by atoms with Gasteiger partial charge >= 0.3 is 0 Å². The molecular weight excluding hydrogens is 260 g/mol. The zero-order valence-electron chi connectivity index (χ0n) is 12.8. The molecule has 112 valence electrons. The molecule has 0 amide bonds. The summed E-state index contributed by atoms with van der Waals surface area (Å²) < 4.78 is 5.54. The minimum Gasteiger partial charge on any atom is -0.441 e. The fourth-order valence-electron chi connectivity index (χ4n) is 4.37. The molecule has 3 unspecified atom stereocenters. The lowest BCUT2D eigenvalue weighted by Crippen LogP contribution is -2.34. The summed E-state index contributed by atoms with van der Waals surface area (Å²) in [6.07, 6.45) is 9.90. The first-order valence-corrected chi connectivity index (χ1v) is 8.41. The smallest absolute Gasteiger partial charge is 0.192 e. The molecule has 2 aromatic rings. The highest BCUT2D eigenvalue weighted by molar-refractivity contribution is 5.77. The first kappa shape index (κ1) is 13.2. The maximum absolute atomic E-state index is 5.54. The van der Waals surface area contributed by atoms with Gasteiger partial charge in [-0.1, -0.05) is 25.7 Å². The molecule has 2 aliphatic rings. The normalized spacial score (nSPS) is 29.3. The molecule has 0 spiro atoms. The second-order valence-electron chi connectivity index (χ2n) is 6.87. The Kier molecular flexibility index (Phi) is 3.36. The van der Waals surface area contributed by atoms with Crippen molar-refractivity contribution in [3.8, 4) is 0 Å². The largest absolute Gasteiger partial charge is 0.441 e. The zero-order chi connectivity index (χ0) is 14.2. The number of hydrogen-bond acceptors (Lipinski definition) is 3. The number of aromatic nitrogens is 1. The van der Waals surface area contributed by atoms with Crippen molar-refractivity contribution in [3.05, 3.63) is 24.1 Å². The number of benzene rings is 1. The molecule has 21 heavy (non-hydrogen) atoms. The van der Waals surface area contributed by atoms with Gasteiger partial charge in [0, 0.05) is 18.7 Å². The molecule has 0 radical (unpaired) electrons. The molecule has 1 aromatic heterocycles.